The molecule has 84 valence electrons. The third-order valence-corrected chi connectivity index (χ3v) is 2.81. The molecule has 0 bridgehead atoms. The fourth-order valence-electron chi connectivity index (χ4n) is 1.19. The molecule has 0 fully saturated rings. The lowest BCUT2D eigenvalue weighted by Gasteiger charge is -1.90. The third kappa shape index (κ3) is 2.17. The van der Waals surface area contributed by atoms with Gasteiger partial charge in [0.15, 0.2) is 5.78 Å². The van der Waals surface area contributed by atoms with Crippen LogP contribution >= 0.6 is 11.3 Å². The number of hydrogen-bond acceptors (Lipinski definition) is 6. The maximum atomic E-state index is 11.0. The van der Waals surface area contributed by atoms with Crippen LogP contribution in [0.25, 0.3) is 11.6 Å². The first kappa shape index (κ1) is 11.0. The molecule has 2 rings (SSSR count). The van der Waals surface area contributed by atoms with Crippen molar-refractivity contribution in [2.75, 3.05) is 7.05 Å². The van der Waals surface area contributed by atoms with Crippen molar-refractivity contribution in [3.63, 3.8) is 0 Å². The Bertz CT molecular complexity index is 504. The number of thiazole rings is 1. The summed E-state index contributed by atoms with van der Waals surface area (Å²) in [5, 5.41) is 5.84. The van der Waals surface area contributed by atoms with E-state index in [1.54, 1.807) is 0 Å². The monoisotopic (exact) mass is 237 g/mol. The van der Waals surface area contributed by atoms with Crippen molar-refractivity contribution in [2.24, 2.45) is 0 Å². The molecule has 0 amide bonds. The third-order valence-electron chi connectivity index (χ3n) is 1.96. The largest absolute Gasteiger partial charge is 0.443 e. The van der Waals surface area contributed by atoms with Crippen molar-refractivity contribution in [3.05, 3.63) is 22.3 Å². The van der Waals surface area contributed by atoms with Crippen LogP contribution in [0.15, 0.2) is 16.1 Å². The van der Waals surface area contributed by atoms with Crippen LogP contribution in [0, 0.1) is 0 Å². The predicted molar refractivity (Wildman–Crippen MR) is 60.4 cm³/mol. The SMILES string of the molecule is CNCc1nc(-c2nc(C(C)=O)co2)cs1. The minimum absolute atomic E-state index is 0.110. The van der Waals surface area contributed by atoms with Gasteiger partial charge < -0.3 is 9.73 Å². The molecular formula is C10H11N3O2S. The summed E-state index contributed by atoms with van der Waals surface area (Å²) in [4.78, 5) is 19.4. The van der Waals surface area contributed by atoms with E-state index >= 15 is 0 Å². The fourth-order valence-corrected chi connectivity index (χ4v) is 1.97. The maximum Gasteiger partial charge on any atom is 0.246 e. The molecule has 0 aromatic carbocycles. The molecule has 5 nitrogen and oxygen atoms in total. The summed E-state index contributed by atoms with van der Waals surface area (Å²) in [7, 11) is 1.86. The first-order chi connectivity index (χ1) is 7.70. The molecule has 0 radical (unpaired) electrons. The molecular weight excluding hydrogens is 226 g/mol. The van der Waals surface area contributed by atoms with Crippen LogP contribution in [-0.2, 0) is 6.54 Å². The number of rotatable bonds is 4. The van der Waals surface area contributed by atoms with Gasteiger partial charge in [-0.1, -0.05) is 0 Å². The molecule has 16 heavy (non-hydrogen) atoms. The fraction of sp³-hybridized carbons (Fsp3) is 0.300. The molecule has 2 heterocycles. The first-order valence-electron chi connectivity index (χ1n) is 4.76. The van der Waals surface area contributed by atoms with E-state index in [9.17, 15) is 4.79 Å². The standard InChI is InChI=1S/C10H11N3O2S/c1-6(14)7-4-15-10(13-7)8-5-16-9(12-8)3-11-2/h4-5,11H,3H2,1-2H3. The highest BCUT2D eigenvalue weighted by atomic mass is 32.1. The minimum atomic E-state index is -0.110. The number of carbonyl (C=O) groups is 1. The molecule has 0 aliphatic rings. The van der Waals surface area contributed by atoms with Gasteiger partial charge in [-0.05, 0) is 7.05 Å². The number of ketones is 1. The van der Waals surface area contributed by atoms with Gasteiger partial charge in [0, 0.05) is 18.8 Å². The molecule has 0 unspecified atom stereocenters. The second kappa shape index (κ2) is 4.54. The van der Waals surface area contributed by atoms with Crippen molar-refractivity contribution in [2.45, 2.75) is 13.5 Å². The Morgan fingerprint density at radius 1 is 1.56 bits per heavy atom. The molecule has 2 aromatic rings. The van der Waals surface area contributed by atoms with Gasteiger partial charge in [-0.3, -0.25) is 4.79 Å². The summed E-state index contributed by atoms with van der Waals surface area (Å²) in [6.45, 7) is 2.17. The van der Waals surface area contributed by atoms with Crippen LogP contribution in [0.5, 0.6) is 0 Å². The topological polar surface area (TPSA) is 68.0 Å². The van der Waals surface area contributed by atoms with Gasteiger partial charge in [-0.2, -0.15) is 0 Å². The average Bonchev–Trinajstić information content (AvgIpc) is 2.84. The summed E-state index contributed by atoms with van der Waals surface area (Å²) < 4.78 is 5.20. The summed E-state index contributed by atoms with van der Waals surface area (Å²) in [5.41, 5.74) is 1.00. The summed E-state index contributed by atoms with van der Waals surface area (Å²) in [6, 6.07) is 0. The zero-order valence-electron chi connectivity index (χ0n) is 8.98. The molecule has 0 atom stereocenters. The zero-order valence-corrected chi connectivity index (χ0v) is 9.80. The first-order valence-corrected chi connectivity index (χ1v) is 5.64. The minimum Gasteiger partial charge on any atom is -0.443 e. The summed E-state index contributed by atoms with van der Waals surface area (Å²) in [6.07, 6.45) is 1.36. The Morgan fingerprint density at radius 2 is 2.38 bits per heavy atom. The van der Waals surface area contributed by atoms with E-state index in [0.29, 0.717) is 23.8 Å². The Morgan fingerprint density at radius 3 is 3.00 bits per heavy atom. The van der Waals surface area contributed by atoms with E-state index in [0.717, 1.165) is 5.01 Å². The molecule has 2 aromatic heterocycles. The van der Waals surface area contributed by atoms with Gasteiger partial charge >= 0.3 is 0 Å². The van der Waals surface area contributed by atoms with Crippen molar-refractivity contribution >= 4 is 17.1 Å². The number of aromatic nitrogens is 2. The van der Waals surface area contributed by atoms with Gasteiger partial charge in [-0.25, -0.2) is 9.97 Å². The smallest absolute Gasteiger partial charge is 0.246 e. The highest BCUT2D eigenvalue weighted by molar-refractivity contribution is 7.09. The van der Waals surface area contributed by atoms with Gasteiger partial charge in [-0.15, -0.1) is 11.3 Å². The van der Waals surface area contributed by atoms with Crippen LogP contribution in [0.1, 0.15) is 22.4 Å². The number of Topliss-reactive ketones (excluding diaryl/α,β-unsaturated/α-hetero) is 1. The molecule has 0 saturated carbocycles. The second-order valence-electron chi connectivity index (χ2n) is 3.25. The normalized spacial score (nSPS) is 10.6. The summed E-state index contributed by atoms with van der Waals surface area (Å²) >= 11 is 1.53. The molecule has 1 N–H and O–H groups in total. The number of nitrogens with one attached hydrogen (secondary N) is 1. The van der Waals surface area contributed by atoms with Gasteiger partial charge in [0.25, 0.3) is 0 Å². The number of hydrogen-bond donors (Lipinski definition) is 1. The summed E-state index contributed by atoms with van der Waals surface area (Å²) in [5.74, 6) is 0.282. The van der Waals surface area contributed by atoms with Crippen LogP contribution in [0.3, 0.4) is 0 Å². The van der Waals surface area contributed by atoms with Crippen LogP contribution in [-0.4, -0.2) is 22.8 Å². The number of oxazole rings is 1. The van der Waals surface area contributed by atoms with Crippen molar-refractivity contribution in [1.82, 2.24) is 15.3 Å². The highest BCUT2D eigenvalue weighted by Crippen LogP contribution is 2.21. The van der Waals surface area contributed by atoms with Gasteiger partial charge in [0.1, 0.15) is 22.7 Å². The maximum absolute atomic E-state index is 11.0. The van der Waals surface area contributed by atoms with E-state index in [1.807, 2.05) is 12.4 Å². The Hall–Kier alpha value is -1.53. The molecule has 0 saturated heterocycles. The van der Waals surface area contributed by atoms with E-state index in [1.165, 1.54) is 24.5 Å². The van der Waals surface area contributed by atoms with Crippen LogP contribution in [0.2, 0.25) is 0 Å². The lowest BCUT2D eigenvalue weighted by Crippen LogP contribution is -2.04. The molecule has 0 spiro atoms. The average molecular weight is 237 g/mol. The van der Waals surface area contributed by atoms with E-state index in [4.69, 9.17) is 4.42 Å². The van der Waals surface area contributed by atoms with Gasteiger partial charge in [0.2, 0.25) is 5.89 Å². The van der Waals surface area contributed by atoms with Crippen molar-refractivity contribution < 1.29 is 9.21 Å². The zero-order chi connectivity index (χ0) is 11.5. The predicted octanol–water partition coefficient (Wildman–Crippen LogP) is 1.72. The van der Waals surface area contributed by atoms with Gasteiger partial charge in [0.05, 0.1) is 0 Å². The number of carbonyl (C=O) groups excluding carboxylic acids is 1. The lowest BCUT2D eigenvalue weighted by molar-refractivity contribution is 0.101. The highest BCUT2D eigenvalue weighted by Gasteiger charge is 2.12. The Kier molecular flexibility index (Phi) is 3.12. The molecule has 6 heteroatoms. The Labute approximate surface area is 96.5 Å². The lowest BCUT2D eigenvalue weighted by atomic mass is 10.3. The van der Waals surface area contributed by atoms with E-state index in [-0.39, 0.29) is 5.78 Å². The molecule has 0 aliphatic carbocycles. The number of nitrogens with zero attached hydrogens (tertiary/aromatic N) is 2. The second-order valence-corrected chi connectivity index (χ2v) is 4.19. The Balaban J connectivity index is 2.24. The quantitative estimate of drug-likeness (QED) is 0.820. The van der Waals surface area contributed by atoms with Crippen LogP contribution < -0.4 is 5.32 Å². The molecule has 0 aliphatic heterocycles. The van der Waals surface area contributed by atoms with Crippen molar-refractivity contribution in [1.29, 1.82) is 0 Å². The van der Waals surface area contributed by atoms with Crippen LogP contribution in [0.4, 0.5) is 0 Å². The van der Waals surface area contributed by atoms with Crippen molar-refractivity contribution in [3.8, 4) is 11.6 Å². The van der Waals surface area contributed by atoms with E-state index < -0.39 is 0 Å². The van der Waals surface area contributed by atoms with E-state index in [2.05, 4.69) is 15.3 Å².